The molecule has 1 N–H and O–H groups in total. The van der Waals surface area contributed by atoms with E-state index in [1.165, 1.54) is 0 Å². The molecular formula is C11H10BrNO2. The van der Waals surface area contributed by atoms with Crippen molar-refractivity contribution in [3.8, 4) is 5.75 Å². The van der Waals surface area contributed by atoms with Crippen LogP contribution < -0.4 is 10.3 Å². The Labute approximate surface area is 95.2 Å². The lowest BCUT2D eigenvalue weighted by Crippen LogP contribution is -2.09. The number of rotatable bonds is 2. The van der Waals surface area contributed by atoms with Crippen LogP contribution in [0.5, 0.6) is 5.75 Å². The predicted molar refractivity (Wildman–Crippen MR) is 63.4 cm³/mol. The first kappa shape index (κ1) is 10.2. The lowest BCUT2D eigenvalue weighted by Gasteiger charge is -2.08. The first-order valence-electron chi connectivity index (χ1n) is 4.67. The van der Waals surface area contributed by atoms with Gasteiger partial charge >= 0.3 is 0 Å². The maximum atomic E-state index is 11.5. The molecule has 3 nitrogen and oxygen atoms in total. The maximum Gasteiger partial charge on any atom is 0.266 e. The fraction of sp³-hybridized carbons (Fsp3) is 0.182. The van der Waals surface area contributed by atoms with Crippen molar-refractivity contribution in [2.24, 2.45) is 0 Å². The number of aromatic nitrogens is 1. The summed E-state index contributed by atoms with van der Waals surface area (Å²) in [5.41, 5.74) is 0.617. The van der Waals surface area contributed by atoms with Gasteiger partial charge in [0.25, 0.3) is 5.56 Å². The molecule has 2 aromatic rings. The van der Waals surface area contributed by atoms with Gasteiger partial charge < -0.3 is 9.72 Å². The highest BCUT2D eigenvalue weighted by Crippen LogP contribution is 2.29. The molecule has 0 spiro atoms. The molecule has 15 heavy (non-hydrogen) atoms. The minimum Gasteiger partial charge on any atom is -0.492 e. The Hall–Kier alpha value is -1.29. The molecule has 0 amide bonds. The van der Waals surface area contributed by atoms with Crippen LogP contribution >= 0.6 is 15.9 Å². The quantitative estimate of drug-likeness (QED) is 0.909. The molecule has 0 aliphatic rings. The summed E-state index contributed by atoms with van der Waals surface area (Å²) in [5, 5.41) is 0.908. The van der Waals surface area contributed by atoms with Gasteiger partial charge in [-0.1, -0.05) is 12.1 Å². The van der Waals surface area contributed by atoms with Crippen LogP contribution in [-0.2, 0) is 0 Å². The summed E-state index contributed by atoms with van der Waals surface area (Å²) in [6, 6.07) is 7.56. The van der Waals surface area contributed by atoms with Gasteiger partial charge in [0.2, 0.25) is 0 Å². The van der Waals surface area contributed by atoms with E-state index in [0.717, 1.165) is 10.9 Å². The second-order valence-corrected chi connectivity index (χ2v) is 3.87. The van der Waals surface area contributed by atoms with Crippen LogP contribution in [0.1, 0.15) is 6.92 Å². The van der Waals surface area contributed by atoms with Crippen molar-refractivity contribution in [1.82, 2.24) is 4.98 Å². The van der Waals surface area contributed by atoms with E-state index in [1.807, 2.05) is 31.2 Å². The molecule has 2 rings (SSSR count). The van der Waals surface area contributed by atoms with E-state index in [4.69, 9.17) is 4.74 Å². The van der Waals surface area contributed by atoms with Gasteiger partial charge in [-0.3, -0.25) is 4.79 Å². The second kappa shape index (κ2) is 4.06. The Bertz CT molecular complexity index is 548. The largest absolute Gasteiger partial charge is 0.492 e. The van der Waals surface area contributed by atoms with E-state index in [0.29, 0.717) is 16.8 Å². The molecule has 0 radical (unpaired) electrons. The molecule has 4 heteroatoms. The predicted octanol–water partition coefficient (Wildman–Crippen LogP) is 2.69. The Morgan fingerprint density at radius 1 is 1.40 bits per heavy atom. The molecular weight excluding hydrogens is 258 g/mol. The van der Waals surface area contributed by atoms with Gasteiger partial charge in [-0.25, -0.2) is 0 Å². The van der Waals surface area contributed by atoms with Crippen molar-refractivity contribution in [2.45, 2.75) is 6.92 Å². The number of benzene rings is 1. The lowest BCUT2D eigenvalue weighted by molar-refractivity contribution is 0.341. The molecule has 0 atom stereocenters. The van der Waals surface area contributed by atoms with Gasteiger partial charge in [0.05, 0.1) is 12.1 Å². The van der Waals surface area contributed by atoms with Crippen LogP contribution in [0.2, 0.25) is 0 Å². The average molecular weight is 268 g/mol. The molecule has 0 aliphatic heterocycles. The van der Waals surface area contributed by atoms with Crippen molar-refractivity contribution in [1.29, 1.82) is 0 Å². The normalized spacial score (nSPS) is 10.5. The van der Waals surface area contributed by atoms with E-state index in [1.54, 1.807) is 0 Å². The number of pyridine rings is 1. The van der Waals surface area contributed by atoms with Crippen LogP contribution in [0.25, 0.3) is 10.9 Å². The Balaban J connectivity index is 2.83. The zero-order chi connectivity index (χ0) is 10.8. The third-order valence-electron chi connectivity index (χ3n) is 2.11. The van der Waals surface area contributed by atoms with Crippen LogP contribution in [0, 0.1) is 0 Å². The van der Waals surface area contributed by atoms with E-state index >= 15 is 0 Å². The summed E-state index contributed by atoms with van der Waals surface area (Å²) < 4.78 is 5.91. The van der Waals surface area contributed by atoms with E-state index < -0.39 is 0 Å². The lowest BCUT2D eigenvalue weighted by atomic mass is 10.2. The number of fused-ring (bicyclic) bond motifs is 1. The van der Waals surface area contributed by atoms with E-state index in [9.17, 15) is 4.79 Å². The summed E-state index contributed by atoms with van der Waals surface area (Å²) in [7, 11) is 0. The number of ether oxygens (including phenoxy) is 1. The number of H-pyrrole nitrogens is 1. The number of aromatic amines is 1. The van der Waals surface area contributed by atoms with Crippen LogP contribution in [0.3, 0.4) is 0 Å². The fourth-order valence-electron chi connectivity index (χ4n) is 1.47. The van der Waals surface area contributed by atoms with Gasteiger partial charge in [0, 0.05) is 5.39 Å². The first-order valence-corrected chi connectivity index (χ1v) is 5.46. The van der Waals surface area contributed by atoms with Crippen molar-refractivity contribution in [2.75, 3.05) is 6.61 Å². The van der Waals surface area contributed by atoms with Crippen molar-refractivity contribution < 1.29 is 4.74 Å². The Kier molecular flexibility index (Phi) is 2.77. The molecule has 0 aliphatic carbocycles. The molecule has 0 saturated heterocycles. The summed E-state index contributed by atoms with van der Waals surface area (Å²) >= 11 is 3.23. The first-order chi connectivity index (χ1) is 7.24. The molecule has 1 heterocycles. The molecule has 78 valence electrons. The number of para-hydroxylation sites is 1. The van der Waals surface area contributed by atoms with E-state index in [-0.39, 0.29) is 5.56 Å². The Morgan fingerprint density at radius 3 is 2.87 bits per heavy atom. The molecule has 1 aromatic carbocycles. The highest BCUT2D eigenvalue weighted by Gasteiger charge is 2.10. The number of nitrogens with one attached hydrogen (secondary N) is 1. The summed E-state index contributed by atoms with van der Waals surface area (Å²) in [5.74, 6) is 0.608. The smallest absolute Gasteiger partial charge is 0.266 e. The second-order valence-electron chi connectivity index (χ2n) is 3.08. The van der Waals surface area contributed by atoms with Crippen LogP contribution in [0.15, 0.2) is 33.5 Å². The van der Waals surface area contributed by atoms with Gasteiger partial charge in [0.15, 0.2) is 0 Å². The zero-order valence-corrected chi connectivity index (χ0v) is 9.80. The van der Waals surface area contributed by atoms with Crippen molar-refractivity contribution in [3.05, 3.63) is 39.1 Å². The Morgan fingerprint density at radius 2 is 2.13 bits per heavy atom. The number of halogens is 1. The van der Waals surface area contributed by atoms with Crippen LogP contribution in [-0.4, -0.2) is 11.6 Å². The topological polar surface area (TPSA) is 42.1 Å². The monoisotopic (exact) mass is 267 g/mol. The van der Waals surface area contributed by atoms with Crippen molar-refractivity contribution in [3.63, 3.8) is 0 Å². The van der Waals surface area contributed by atoms with Crippen LogP contribution in [0.4, 0.5) is 0 Å². The SMILES string of the molecule is CCOc1c(Br)c(=O)[nH]c2ccccc12. The van der Waals surface area contributed by atoms with E-state index in [2.05, 4.69) is 20.9 Å². The zero-order valence-electron chi connectivity index (χ0n) is 8.21. The summed E-state index contributed by atoms with van der Waals surface area (Å²) in [6.07, 6.45) is 0. The average Bonchev–Trinajstić information content (AvgIpc) is 2.25. The highest BCUT2D eigenvalue weighted by atomic mass is 79.9. The maximum absolute atomic E-state index is 11.5. The van der Waals surface area contributed by atoms with Crippen molar-refractivity contribution >= 4 is 26.8 Å². The van der Waals surface area contributed by atoms with Gasteiger partial charge in [-0.15, -0.1) is 0 Å². The third kappa shape index (κ3) is 1.77. The molecule has 0 bridgehead atoms. The van der Waals surface area contributed by atoms with Gasteiger partial charge in [-0.2, -0.15) is 0 Å². The minimum absolute atomic E-state index is 0.169. The van der Waals surface area contributed by atoms with Gasteiger partial charge in [-0.05, 0) is 35.0 Å². The molecule has 0 saturated carbocycles. The van der Waals surface area contributed by atoms with Gasteiger partial charge in [0.1, 0.15) is 10.2 Å². The molecule has 0 fully saturated rings. The molecule has 1 aromatic heterocycles. The fourth-order valence-corrected chi connectivity index (χ4v) is 1.90. The number of hydrogen-bond donors (Lipinski definition) is 1. The number of hydrogen-bond acceptors (Lipinski definition) is 2. The summed E-state index contributed by atoms with van der Waals surface area (Å²) in [6.45, 7) is 2.43. The minimum atomic E-state index is -0.169. The summed E-state index contributed by atoms with van der Waals surface area (Å²) in [4.78, 5) is 14.3. The molecule has 0 unspecified atom stereocenters. The third-order valence-corrected chi connectivity index (χ3v) is 2.83. The standard InChI is InChI=1S/C11H10BrNO2/c1-2-15-10-7-5-3-4-6-8(7)13-11(14)9(10)12/h3-6H,2H2,1H3,(H,13,14). The highest BCUT2D eigenvalue weighted by molar-refractivity contribution is 9.10.